The highest BCUT2D eigenvalue weighted by molar-refractivity contribution is 5.76. The first-order chi connectivity index (χ1) is 9.56. The van der Waals surface area contributed by atoms with Crippen LogP contribution in [0.2, 0.25) is 0 Å². The molecule has 5 heteroatoms. The molecule has 1 aliphatic rings. The molecule has 0 spiro atoms. The number of benzene rings is 1. The van der Waals surface area contributed by atoms with Crippen molar-refractivity contribution in [2.75, 3.05) is 13.2 Å². The van der Waals surface area contributed by atoms with E-state index in [1.165, 1.54) is 12.1 Å². The van der Waals surface area contributed by atoms with Gasteiger partial charge < -0.3 is 10.1 Å². The molecule has 0 radical (unpaired) electrons. The molecular formula is C15H19F2NO2. The van der Waals surface area contributed by atoms with Gasteiger partial charge in [-0.05, 0) is 31.4 Å². The van der Waals surface area contributed by atoms with E-state index >= 15 is 0 Å². The van der Waals surface area contributed by atoms with Gasteiger partial charge in [0.2, 0.25) is 5.91 Å². The van der Waals surface area contributed by atoms with Gasteiger partial charge in [0.1, 0.15) is 11.6 Å². The van der Waals surface area contributed by atoms with Crippen LogP contribution in [0, 0.1) is 17.6 Å². The number of carbonyl (C=O) groups excluding carboxylic acids is 1. The van der Waals surface area contributed by atoms with E-state index in [4.69, 9.17) is 4.74 Å². The van der Waals surface area contributed by atoms with Gasteiger partial charge in [-0.1, -0.05) is 6.07 Å². The summed E-state index contributed by atoms with van der Waals surface area (Å²) in [7, 11) is 0. The summed E-state index contributed by atoms with van der Waals surface area (Å²) in [5.74, 6) is -0.977. The molecule has 1 amide bonds. The predicted octanol–water partition coefficient (Wildman–Crippen LogP) is 2.44. The third-order valence-corrected chi connectivity index (χ3v) is 3.70. The summed E-state index contributed by atoms with van der Waals surface area (Å²) in [5, 5.41) is 2.91. The summed E-state index contributed by atoms with van der Waals surface area (Å²) in [6.07, 6.45) is 1.42. The van der Waals surface area contributed by atoms with Crippen molar-refractivity contribution in [2.24, 2.45) is 5.92 Å². The quantitative estimate of drug-likeness (QED) is 0.901. The zero-order chi connectivity index (χ0) is 14.5. The van der Waals surface area contributed by atoms with Crippen molar-refractivity contribution in [3.63, 3.8) is 0 Å². The first-order valence-corrected chi connectivity index (χ1v) is 6.87. The summed E-state index contributed by atoms with van der Waals surface area (Å²) < 4.78 is 31.5. The lowest BCUT2D eigenvalue weighted by atomic mass is 10.0. The summed E-state index contributed by atoms with van der Waals surface area (Å²) in [6.45, 7) is 3.37. The lowest BCUT2D eigenvalue weighted by Crippen LogP contribution is -2.38. The van der Waals surface area contributed by atoms with Crippen LogP contribution in [0.25, 0.3) is 0 Å². The number of amides is 1. The molecule has 1 aromatic carbocycles. The minimum Gasteiger partial charge on any atom is -0.381 e. The zero-order valence-corrected chi connectivity index (χ0v) is 11.5. The lowest BCUT2D eigenvalue weighted by Gasteiger charge is -2.19. The summed E-state index contributed by atoms with van der Waals surface area (Å²) >= 11 is 0. The third kappa shape index (κ3) is 4.00. The number of rotatable bonds is 5. The Balaban J connectivity index is 1.79. The number of carbonyl (C=O) groups is 1. The van der Waals surface area contributed by atoms with Crippen molar-refractivity contribution < 1.29 is 18.3 Å². The summed E-state index contributed by atoms with van der Waals surface area (Å²) in [5.41, 5.74) is 0.360. The summed E-state index contributed by atoms with van der Waals surface area (Å²) in [6, 6.07) is 3.48. The molecule has 1 aliphatic heterocycles. The Kier molecular flexibility index (Phi) is 5.06. The highest BCUT2D eigenvalue weighted by atomic mass is 19.1. The van der Waals surface area contributed by atoms with Crippen LogP contribution in [-0.2, 0) is 16.0 Å². The van der Waals surface area contributed by atoms with Gasteiger partial charge in [0, 0.05) is 31.1 Å². The van der Waals surface area contributed by atoms with Gasteiger partial charge in [-0.25, -0.2) is 8.78 Å². The van der Waals surface area contributed by atoms with Crippen molar-refractivity contribution in [1.82, 2.24) is 5.32 Å². The molecule has 1 heterocycles. The van der Waals surface area contributed by atoms with Gasteiger partial charge in [-0.3, -0.25) is 4.79 Å². The van der Waals surface area contributed by atoms with Gasteiger partial charge in [-0.2, -0.15) is 0 Å². The fourth-order valence-electron chi connectivity index (χ4n) is 2.36. The van der Waals surface area contributed by atoms with E-state index in [0.717, 1.165) is 19.1 Å². The Morgan fingerprint density at radius 1 is 1.50 bits per heavy atom. The Hall–Kier alpha value is -1.49. The Labute approximate surface area is 117 Å². The predicted molar refractivity (Wildman–Crippen MR) is 71.2 cm³/mol. The Morgan fingerprint density at radius 3 is 2.95 bits per heavy atom. The second-order valence-corrected chi connectivity index (χ2v) is 5.22. The largest absolute Gasteiger partial charge is 0.381 e. The molecule has 0 aliphatic carbocycles. The van der Waals surface area contributed by atoms with Gasteiger partial charge in [0.15, 0.2) is 0 Å². The minimum atomic E-state index is -0.606. The molecular weight excluding hydrogens is 264 g/mol. The molecule has 3 nitrogen and oxygen atoms in total. The van der Waals surface area contributed by atoms with Crippen LogP contribution in [0.5, 0.6) is 0 Å². The lowest BCUT2D eigenvalue weighted by molar-refractivity contribution is -0.122. The topological polar surface area (TPSA) is 38.3 Å². The third-order valence-electron chi connectivity index (χ3n) is 3.70. The van der Waals surface area contributed by atoms with Crippen molar-refractivity contribution in [2.45, 2.75) is 32.2 Å². The number of aryl methyl sites for hydroxylation is 1. The van der Waals surface area contributed by atoms with Crippen molar-refractivity contribution in [1.29, 1.82) is 0 Å². The molecule has 1 aromatic rings. The molecule has 2 rings (SSSR count). The molecule has 0 aromatic heterocycles. The fraction of sp³-hybridized carbons (Fsp3) is 0.533. The zero-order valence-electron chi connectivity index (χ0n) is 11.5. The van der Waals surface area contributed by atoms with Crippen LogP contribution in [0.4, 0.5) is 8.78 Å². The molecule has 0 unspecified atom stereocenters. The van der Waals surface area contributed by atoms with Crippen molar-refractivity contribution in [3.8, 4) is 0 Å². The van der Waals surface area contributed by atoms with E-state index in [1.807, 2.05) is 6.92 Å². The van der Waals surface area contributed by atoms with Crippen LogP contribution < -0.4 is 5.32 Å². The average molecular weight is 283 g/mol. The molecule has 110 valence electrons. The molecule has 20 heavy (non-hydrogen) atoms. The highest BCUT2D eigenvalue weighted by Crippen LogP contribution is 2.17. The first-order valence-electron chi connectivity index (χ1n) is 6.87. The molecule has 1 N–H and O–H groups in total. The van der Waals surface area contributed by atoms with Crippen LogP contribution in [0.1, 0.15) is 25.3 Å². The maximum atomic E-state index is 13.4. The fourth-order valence-corrected chi connectivity index (χ4v) is 2.36. The van der Waals surface area contributed by atoms with E-state index in [1.54, 1.807) is 0 Å². The van der Waals surface area contributed by atoms with E-state index in [2.05, 4.69) is 5.32 Å². The Morgan fingerprint density at radius 2 is 2.30 bits per heavy atom. The molecule has 0 bridgehead atoms. The summed E-state index contributed by atoms with van der Waals surface area (Å²) in [4.78, 5) is 11.8. The van der Waals surface area contributed by atoms with Crippen molar-refractivity contribution >= 4 is 5.91 Å². The van der Waals surface area contributed by atoms with E-state index in [-0.39, 0.29) is 24.8 Å². The van der Waals surface area contributed by atoms with Crippen LogP contribution >= 0.6 is 0 Å². The maximum absolute atomic E-state index is 13.4. The number of halogens is 2. The molecule has 2 atom stereocenters. The number of nitrogens with one attached hydrogen (secondary N) is 1. The first kappa shape index (κ1) is 14.9. The normalized spacial score (nSPS) is 19.9. The number of hydrogen-bond acceptors (Lipinski definition) is 2. The highest BCUT2D eigenvalue weighted by Gasteiger charge is 2.23. The Bertz CT molecular complexity index is 473. The van der Waals surface area contributed by atoms with Crippen LogP contribution in [0.15, 0.2) is 18.2 Å². The van der Waals surface area contributed by atoms with E-state index in [9.17, 15) is 13.6 Å². The van der Waals surface area contributed by atoms with Gasteiger partial charge in [0.25, 0.3) is 0 Å². The number of hydrogen-bond donors (Lipinski definition) is 1. The van der Waals surface area contributed by atoms with Crippen LogP contribution in [-0.4, -0.2) is 25.2 Å². The van der Waals surface area contributed by atoms with E-state index in [0.29, 0.717) is 18.1 Å². The molecule has 0 saturated carbocycles. The second kappa shape index (κ2) is 6.79. The average Bonchev–Trinajstić information content (AvgIpc) is 2.91. The van der Waals surface area contributed by atoms with Gasteiger partial charge >= 0.3 is 0 Å². The monoisotopic (exact) mass is 283 g/mol. The SMILES string of the molecule is C[C@H](NC(=O)CCc1ccc(F)cc1F)[C@H]1CCOC1. The van der Waals surface area contributed by atoms with Gasteiger partial charge in [-0.15, -0.1) is 0 Å². The van der Waals surface area contributed by atoms with Crippen LogP contribution in [0.3, 0.4) is 0 Å². The standard InChI is InChI=1S/C15H19F2NO2/c1-10(12-6-7-20-9-12)18-15(19)5-3-11-2-4-13(16)8-14(11)17/h2,4,8,10,12H,3,5-7,9H2,1H3,(H,18,19)/t10-,12-/m0/s1. The van der Waals surface area contributed by atoms with Gasteiger partial charge in [0.05, 0.1) is 6.61 Å². The minimum absolute atomic E-state index is 0.0584. The smallest absolute Gasteiger partial charge is 0.220 e. The maximum Gasteiger partial charge on any atom is 0.220 e. The molecule has 1 fully saturated rings. The molecule has 1 saturated heterocycles. The van der Waals surface area contributed by atoms with E-state index < -0.39 is 11.6 Å². The second-order valence-electron chi connectivity index (χ2n) is 5.22. The number of ether oxygens (including phenoxy) is 1. The van der Waals surface area contributed by atoms with Crippen molar-refractivity contribution in [3.05, 3.63) is 35.4 Å².